The van der Waals surface area contributed by atoms with Crippen molar-refractivity contribution < 1.29 is 22.9 Å². The number of likely N-dealkylation sites (tertiary alicyclic amines) is 1. The Morgan fingerprint density at radius 2 is 2.13 bits per heavy atom. The molecule has 1 atom stereocenters. The van der Waals surface area contributed by atoms with E-state index in [1.54, 1.807) is 31.1 Å². The van der Waals surface area contributed by atoms with Gasteiger partial charge in [-0.1, -0.05) is 5.16 Å². The smallest absolute Gasteiger partial charge is 0.291 e. The fraction of sp³-hybridized carbons (Fsp3) is 0.429. The number of oxazole rings is 1. The van der Waals surface area contributed by atoms with Crippen LogP contribution in [0.5, 0.6) is 0 Å². The molecular formula is C21H23FN4O4. The van der Waals surface area contributed by atoms with Gasteiger partial charge >= 0.3 is 0 Å². The van der Waals surface area contributed by atoms with Crippen LogP contribution in [-0.4, -0.2) is 52.7 Å². The lowest BCUT2D eigenvalue weighted by atomic mass is 9.76. The van der Waals surface area contributed by atoms with Crippen molar-refractivity contribution in [2.24, 2.45) is 0 Å². The summed E-state index contributed by atoms with van der Waals surface area (Å²) in [5, 5.41) is 4.23. The number of carbonyl (C=O) groups excluding carboxylic acids is 1. The monoisotopic (exact) mass is 414 g/mol. The molecule has 0 N–H and O–H groups in total. The molecule has 1 aromatic carbocycles. The number of hydrogen-bond donors (Lipinski definition) is 0. The number of methoxy groups -OCH3 is 1. The van der Waals surface area contributed by atoms with E-state index in [0.717, 1.165) is 12.8 Å². The molecule has 3 aromatic rings. The topological polar surface area (TPSA) is 94.5 Å². The minimum Gasteiger partial charge on any atom is -0.438 e. The Labute approximate surface area is 173 Å². The number of aryl methyl sites for hydroxylation is 1. The molecule has 1 aliphatic heterocycles. The number of benzene rings is 1. The highest BCUT2D eigenvalue weighted by Crippen LogP contribution is 2.37. The van der Waals surface area contributed by atoms with E-state index in [0.29, 0.717) is 49.1 Å². The summed E-state index contributed by atoms with van der Waals surface area (Å²) in [6, 6.07) is 5.89. The maximum Gasteiger partial charge on any atom is 0.291 e. The number of amides is 1. The minimum absolute atomic E-state index is 0.200. The fourth-order valence-electron chi connectivity index (χ4n) is 3.90. The highest BCUT2D eigenvalue weighted by Gasteiger charge is 2.43. The van der Waals surface area contributed by atoms with E-state index in [4.69, 9.17) is 13.7 Å². The molecule has 158 valence electrons. The van der Waals surface area contributed by atoms with Crippen LogP contribution in [0, 0.1) is 12.7 Å². The second-order valence-corrected chi connectivity index (χ2v) is 7.55. The van der Waals surface area contributed by atoms with Crippen LogP contribution in [0.3, 0.4) is 0 Å². The second-order valence-electron chi connectivity index (χ2n) is 7.55. The van der Waals surface area contributed by atoms with Gasteiger partial charge in [-0.05, 0) is 50.5 Å². The lowest BCUT2D eigenvalue weighted by Crippen LogP contribution is -2.49. The van der Waals surface area contributed by atoms with Crippen molar-refractivity contribution >= 4 is 5.91 Å². The Hall–Kier alpha value is -3.07. The highest BCUT2D eigenvalue weighted by molar-refractivity contribution is 5.92. The van der Waals surface area contributed by atoms with Gasteiger partial charge in [0.25, 0.3) is 11.8 Å². The molecule has 1 saturated heterocycles. The van der Waals surface area contributed by atoms with Crippen molar-refractivity contribution in [2.45, 2.75) is 31.6 Å². The molecule has 0 aliphatic carbocycles. The number of nitrogens with zero attached hydrogens (tertiary/aromatic N) is 4. The number of aromatic nitrogens is 3. The normalized spacial score (nSPS) is 19.2. The third-order valence-electron chi connectivity index (χ3n) is 5.58. The first-order chi connectivity index (χ1) is 14.5. The number of piperidine rings is 1. The van der Waals surface area contributed by atoms with Crippen LogP contribution in [0.2, 0.25) is 0 Å². The number of ether oxygens (including phenoxy) is 1. The van der Waals surface area contributed by atoms with Crippen LogP contribution < -0.4 is 0 Å². The Morgan fingerprint density at radius 1 is 1.33 bits per heavy atom. The minimum atomic E-state index is -0.514. The lowest BCUT2D eigenvalue weighted by Gasteiger charge is -2.40. The van der Waals surface area contributed by atoms with Crippen LogP contribution in [-0.2, 0) is 10.2 Å². The van der Waals surface area contributed by atoms with Crippen molar-refractivity contribution in [3.63, 3.8) is 0 Å². The van der Waals surface area contributed by atoms with E-state index in [1.165, 1.54) is 18.5 Å². The van der Waals surface area contributed by atoms with E-state index >= 15 is 0 Å². The average Bonchev–Trinajstić information content (AvgIpc) is 3.42. The Morgan fingerprint density at radius 3 is 2.83 bits per heavy atom. The largest absolute Gasteiger partial charge is 0.438 e. The van der Waals surface area contributed by atoms with Gasteiger partial charge in [-0.3, -0.25) is 4.79 Å². The molecule has 0 radical (unpaired) electrons. The van der Waals surface area contributed by atoms with E-state index in [-0.39, 0.29) is 17.5 Å². The van der Waals surface area contributed by atoms with Gasteiger partial charge in [-0.25, -0.2) is 9.37 Å². The quantitative estimate of drug-likeness (QED) is 0.610. The molecular weight excluding hydrogens is 391 g/mol. The van der Waals surface area contributed by atoms with Gasteiger partial charge in [0.1, 0.15) is 5.82 Å². The van der Waals surface area contributed by atoms with Crippen LogP contribution in [0.25, 0.3) is 11.5 Å². The van der Waals surface area contributed by atoms with Crippen LogP contribution in [0.1, 0.15) is 41.3 Å². The van der Waals surface area contributed by atoms with Crippen molar-refractivity contribution in [1.29, 1.82) is 0 Å². The van der Waals surface area contributed by atoms with Crippen molar-refractivity contribution in [3.8, 4) is 11.5 Å². The summed E-state index contributed by atoms with van der Waals surface area (Å²) < 4.78 is 29.3. The molecule has 8 nitrogen and oxygen atoms in total. The molecule has 1 unspecified atom stereocenters. The highest BCUT2D eigenvalue weighted by atomic mass is 19.1. The molecule has 0 saturated carbocycles. The summed E-state index contributed by atoms with van der Waals surface area (Å²) in [6.45, 7) is 3.25. The zero-order valence-electron chi connectivity index (χ0n) is 16.9. The van der Waals surface area contributed by atoms with Crippen LogP contribution in [0.15, 0.2) is 39.6 Å². The molecule has 1 aliphatic rings. The van der Waals surface area contributed by atoms with Crippen molar-refractivity contribution in [2.75, 3.05) is 26.8 Å². The lowest BCUT2D eigenvalue weighted by molar-refractivity contribution is 0.0537. The van der Waals surface area contributed by atoms with Gasteiger partial charge in [-0.15, -0.1) is 0 Å². The molecule has 9 heteroatoms. The Balaban J connectivity index is 1.63. The summed E-state index contributed by atoms with van der Waals surface area (Å²) in [4.78, 5) is 23.4. The first-order valence-corrected chi connectivity index (χ1v) is 9.81. The first kappa shape index (κ1) is 20.2. The molecule has 2 aromatic heterocycles. The fourth-order valence-corrected chi connectivity index (χ4v) is 3.90. The summed E-state index contributed by atoms with van der Waals surface area (Å²) >= 11 is 0. The number of carbonyl (C=O) groups is 1. The standard InChI is InChI=1S/C21H23FN4O4/c1-14-17(29-13-23-14)19(27)26-10-3-8-21(12-26,9-11-28-2)20-24-18(30-25-20)15-4-6-16(22)7-5-15/h4-7,13H,3,8-12H2,1-2H3. The predicted molar refractivity (Wildman–Crippen MR) is 104 cm³/mol. The van der Waals surface area contributed by atoms with Crippen molar-refractivity contribution in [1.82, 2.24) is 20.0 Å². The second kappa shape index (κ2) is 8.35. The molecule has 1 fully saturated rings. The van der Waals surface area contributed by atoms with Gasteiger partial charge in [0, 0.05) is 32.4 Å². The molecule has 30 heavy (non-hydrogen) atoms. The van der Waals surface area contributed by atoms with Gasteiger partial charge < -0.3 is 18.6 Å². The van der Waals surface area contributed by atoms with Gasteiger partial charge in [-0.2, -0.15) is 4.98 Å². The van der Waals surface area contributed by atoms with E-state index in [2.05, 4.69) is 15.1 Å². The van der Waals surface area contributed by atoms with Gasteiger partial charge in [0.15, 0.2) is 12.2 Å². The molecule has 4 rings (SSSR count). The SMILES string of the molecule is COCCC1(c2noc(-c3ccc(F)cc3)n2)CCCN(C(=O)c2ocnc2C)C1. The number of rotatable bonds is 6. The zero-order valence-corrected chi connectivity index (χ0v) is 16.9. The van der Waals surface area contributed by atoms with Crippen LogP contribution >= 0.6 is 0 Å². The molecule has 0 spiro atoms. The maximum atomic E-state index is 13.2. The Kier molecular flexibility index (Phi) is 5.63. The molecule has 0 bridgehead atoms. The van der Waals surface area contributed by atoms with E-state index in [1.807, 2.05) is 0 Å². The summed E-state index contributed by atoms with van der Waals surface area (Å²) in [6.07, 6.45) is 3.48. The van der Waals surface area contributed by atoms with Crippen molar-refractivity contribution in [3.05, 3.63) is 53.8 Å². The predicted octanol–water partition coefficient (Wildman–Crippen LogP) is 3.38. The van der Waals surface area contributed by atoms with Gasteiger partial charge in [0.2, 0.25) is 5.76 Å². The average molecular weight is 414 g/mol. The zero-order chi connectivity index (χ0) is 21.1. The molecule has 1 amide bonds. The third-order valence-corrected chi connectivity index (χ3v) is 5.58. The first-order valence-electron chi connectivity index (χ1n) is 9.81. The van der Waals surface area contributed by atoms with Gasteiger partial charge in [0.05, 0.1) is 11.1 Å². The summed E-state index contributed by atoms with van der Waals surface area (Å²) in [7, 11) is 1.64. The van der Waals surface area contributed by atoms with E-state index in [9.17, 15) is 9.18 Å². The third kappa shape index (κ3) is 3.85. The summed E-state index contributed by atoms with van der Waals surface area (Å²) in [5.41, 5.74) is 0.684. The Bertz CT molecular complexity index is 1020. The summed E-state index contributed by atoms with van der Waals surface area (Å²) in [5.74, 6) is 0.549. The molecule has 3 heterocycles. The van der Waals surface area contributed by atoms with E-state index < -0.39 is 5.41 Å². The number of hydrogen-bond acceptors (Lipinski definition) is 7. The number of halogens is 1. The van der Waals surface area contributed by atoms with Crippen LogP contribution in [0.4, 0.5) is 4.39 Å². The maximum absolute atomic E-state index is 13.2.